The van der Waals surface area contributed by atoms with Crippen molar-refractivity contribution in [3.05, 3.63) is 42.1 Å². The number of hydrogen-bond donors (Lipinski definition) is 1. The Balaban J connectivity index is 1.60. The summed E-state index contributed by atoms with van der Waals surface area (Å²) in [6.07, 6.45) is 0. The van der Waals surface area contributed by atoms with Gasteiger partial charge >= 0.3 is 5.97 Å². The summed E-state index contributed by atoms with van der Waals surface area (Å²) in [5.41, 5.74) is 1.21. The first-order valence-electron chi connectivity index (χ1n) is 8.79. The molecule has 3 heterocycles. The number of benzene rings is 1. The van der Waals surface area contributed by atoms with E-state index in [1.807, 2.05) is 40.1 Å². The Kier molecular flexibility index (Phi) is 4.57. The first kappa shape index (κ1) is 16.9. The van der Waals surface area contributed by atoms with E-state index in [1.165, 1.54) is 0 Å². The molecule has 1 aromatic heterocycles. The average Bonchev–Trinajstić information content (AvgIpc) is 2.91. The lowest BCUT2D eigenvalue weighted by molar-refractivity contribution is -0.138. The molecule has 26 heavy (non-hydrogen) atoms. The van der Waals surface area contributed by atoms with E-state index in [9.17, 15) is 9.59 Å². The Labute approximate surface area is 151 Å². The van der Waals surface area contributed by atoms with Crippen molar-refractivity contribution in [2.75, 3.05) is 39.4 Å². The van der Waals surface area contributed by atoms with Crippen molar-refractivity contribution < 1.29 is 19.4 Å². The predicted molar refractivity (Wildman–Crippen MR) is 95.0 cm³/mol. The van der Waals surface area contributed by atoms with Gasteiger partial charge in [-0.1, -0.05) is 24.3 Å². The second kappa shape index (κ2) is 7.01. The Morgan fingerprint density at radius 2 is 1.96 bits per heavy atom. The fourth-order valence-electron chi connectivity index (χ4n) is 3.84. The quantitative estimate of drug-likeness (QED) is 0.888. The molecule has 7 nitrogen and oxygen atoms in total. The van der Waals surface area contributed by atoms with Crippen molar-refractivity contribution in [3.8, 4) is 0 Å². The predicted octanol–water partition coefficient (Wildman–Crippen LogP) is 1.09. The third-order valence-corrected chi connectivity index (χ3v) is 4.98. The number of carbonyl (C=O) groups excluding carboxylic acids is 1. The van der Waals surface area contributed by atoms with Gasteiger partial charge in [-0.3, -0.25) is 14.5 Å². The molecule has 136 valence electrons. The number of hydrogen-bond acceptors (Lipinski definition) is 5. The van der Waals surface area contributed by atoms with Crippen LogP contribution in [0.25, 0.3) is 10.9 Å². The van der Waals surface area contributed by atoms with Crippen LogP contribution >= 0.6 is 0 Å². The molecule has 2 saturated heterocycles. The second-order valence-corrected chi connectivity index (χ2v) is 6.99. The zero-order valence-electron chi connectivity index (χ0n) is 14.4. The number of aromatic nitrogens is 1. The van der Waals surface area contributed by atoms with E-state index in [0.717, 1.165) is 10.9 Å². The van der Waals surface area contributed by atoms with Gasteiger partial charge in [0.25, 0.3) is 5.91 Å². The molecule has 1 aromatic carbocycles. The van der Waals surface area contributed by atoms with Crippen LogP contribution in [0.15, 0.2) is 36.4 Å². The summed E-state index contributed by atoms with van der Waals surface area (Å²) in [5, 5.41) is 10.1. The van der Waals surface area contributed by atoms with Crippen molar-refractivity contribution >= 4 is 22.8 Å². The van der Waals surface area contributed by atoms with Crippen LogP contribution in [0.3, 0.4) is 0 Å². The molecule has 0 aliphatic carbocycles. The van der Waals surface area contributed by atoms with Crippen LogP contribution in [0.1, 0.15) is 10.5 Å². The van der Waals surface area contributed by atoms with E-state index in [1.54, 1.807) is 6.07 Å². The number of ether oxygens (including phenoxy) is 1. The summed E-state index contributed by atoms with van der Waals surface area (Å²) in [7, 11) is 0. The number of pyridine rings is 1. The van der Waals surface area contributed by atoms with Crippen molar-refractivity contribution in [1.82, 2.24) is 14.8 Å². The van der Waals surface area contributed by atoms with Gasteiger partial charge in [0, 0.05) is 30.9 Å². The van der Waals surface area contributed by atoms with Gasteiger partial charge in [-0.2, -0.15) is 0 Å². The molecular weight excluding hydrogens is 334 g/mol. The third kappa shape index (κ3) is 3.40. The van der Waals surface area contributed by atoms with Crippen LogP contribution in [0.2, 0.25) is 0 Å². The highest BCUT2D eigenvalue weighted by molar-refractivity contribution is 5.95. The van der Waals surface area contributed by atoms with E-state index in [4.69, 9.17) is 9.84 Å². The summed E-state index contributed by atoms with van der Waals surface area (Å²) in [6.45, 7) is 2.64. The van der Waals surface area contributed by atoms with Gasteiger partial charge in [0.1, 0.15) is 5.69 Å². The van der Waals surface area contributed by atoms with Crippen LogP contribution in [-0.2, 0) is 9.53 Å². The Bertz CT molecular complexity index is 840. The molecular formula is C19H21N3O4. The zero-order chi connectivity index (χ0) is 18.1. The summed E-state index contributed by atoms with van der Waals surface area (Å²) < 4.78 is 5.71. The highest BCUT2D eigenvalue weighted by Crippen LogP contribution is 2.22. The van der Waals surface area contributed by atoms with E-state index in [-0.39, 0.29) is 24.4 Å². The summed E-state index contributed by atoms with van der Waals surface area (Å²) >= 11 is 0. The summed E-state index contributed by atoms with van der Waals surface area (Å²) in [4.78, 5) is 32.5. The molecule has 0 saturated carbocycles. The molecule has 2 fully saturated rings. The lowest BCUT2D eigenvalue weighted by Gasteiger charge is -2.30. The largest absolute Gasteiger partial charge is 0.480 e. The minimum Gasteiger partial charge on any atom is -0.480 e. The first-order valence-corrected chi connectivity index (χ1v) is 8.79. The van der Waals surface area contributed by atoms with Crippen LogP contribution in [0.4, 0.5) is 0 Å². The summed E-state index contributed by atoms with van der Waals surface area (Å²) in [5.74, 6) is -0.861. The molecule has 0 unspecified atom stereocenters. The number of aliphatic carboxylic acids is 1. The molecule has 0 spiro atoms. The van der Waals surface area contributed by atoms with Gasteiger partial charge in [-0.25, -0.2) is 4.98 Å². The third-order valence-electron chi connectivity index (χ3n) is 4.98. The molecule has 1 amide bonds. The number of carboxylic acid groups (broad SMARTS) is 1. The molecule has 4 rings (SSSR count). The molecule has 2 bridgehead atoms. The van der Waals surface area contributed by atoms with Gasteiger partial charge in [-0.15, -0.1) is 0 Å². The van der Waals surface area contributed by atoms with Crippen LogP contribution in [0, 0.1) is 5.92 Å². The number of rotatable bonds is 3. The van der Waals surface area contributed by atoms with Crippen LogP contribution in [-0.4, -0.2) is 77.2 Å². The van der Waals surface area contributed by atoms with Crippen LogP contribution < -0.4 is 0 Å². The van der Waals surface area contributed by atoms with E-state index in [2.05, 4.69) is 4.98 Å². The van der Waals surface area contributed by atoms with Crippen LogP contribution in [0.5, 0.6) is 0 Å². The molecule has 2 aliphatic heterocycles. The number of carboxylic acids is 1. The number of fused-ring (bicyclic) bond motifs is 4. The highest BCUT2D eigenvalue weighted by atomic mass is 16.5. The maximum absolute atomic E-state index is 13.1. The Morgan fingerprint density at radius 1 is 1.12 bits per heavy atom. The molecule has 2 aliphatic rings. The zero-order valence-corrected chi connectivity index (χ0v) is 14.4. The van der Waals surface area contributed by atoms with Crippen molar-refractivity contribution in [3.63, 3.8) is 0 Å². The Morgan fingerprint density at radius 3 is 2.81 bits per heavy atom. The molecule has 7 heteroatoms. The summed E-state index contributed by atoms with van der Waals surface area (Å²) in [6, 6.07) is 11.2. The Hall–Kier alpha value is -2.51. The number of para-hydroxylation sites is 1. The SMILES string of the molecule is O=C(O)CN1C[C@@H]2COC[C@H](C1)N(C(=O)c1ccc3ccccc3n1)C2. The number of amides is 1. The van der Waals surface area contributed by atoms with Crippen molar-refractivity contribution in [2.24, 2.45) is 5.92 Å². The van der Waals surface area contributed by atoms with Gasteiger partial charge in [0.2, 0.25) is 0 Å². The monoisotopic (exact) mass is 355 g/mol. The maximum Gasteiger partial charge on any atom is 0.317 e. The maximum atomic E-state index is 13.1. The topological polar surface area (TPSA) is 83.0 Å². The standard InChI is InChI=1S/C19H21N3O4/c23-18(24)10-21-7-13-8-22(15(9-21)12-26-11-13)19(25)17-6-5-14-3-1-2-4-16(14)20-17/h1-6,13,15H,7-12H2,(H,23,24)/t13-,15-/m0/s1. The fourth-order valence-corrected chi connectivity index (χ4v) is 3.84. The lowest BCUT2D eigenvalue weighted by Crippen LogP contribution is -2.47. The minimum absolute atomic E-state index is 0.0107. The highest BCUT2D eigenvalue weighted by Gasteiger charge is 2.37. The molecule has 1 N–H and O–H groups in total. The van der Waals surface area contributed by atoms with Crippen molar-refractivity contribution in [1.29, 1.82) is 0 Å². The van der Waals surface area contributed by atoms with Gasteiger partial charge in [-0.05, 0) is 12.1 Å². The number of carbonyl (C=O) groups is 2. The first-order chi connectivity index (χ1) is 12.6. The average molecular weight is 355 g/mol. The van der Waals surface area contributed by atoms with E-state index in [0.29, 0.717) is 38.5 Å². The second-order valence-electron chi connectivity index (χ2n) is 6.99. The van der Waals surface area contributed by atoms with E-state index >= 15 is 0 Å². The molecule has 2 aromatic rings. The lowest BCUT2D eigenvalue weighted by atomic mass is 10.1. The van der Waals surface area contributed by atoms with E-state index < -0.39 is 5.97 Å². The smallest absolute Gasteiger partial charge is 0.317 e. The molecule has 2 atom stereocenters. The van der Waals surface area contributed by atoms with Gasteiger partial charge in [0.15, 0.2) is 0 Å². The fraction of sp³-hybridized carbons (Fsp3) is 0.421. The normalized spacial score (nSPS) is 23.6. The van der Waals surface area contributed by atoms with Gasteiger partial charge in [0.05, 0.1) is 31.3 Å². The molecule has 0 radical (unpaired) electrons. The number of nitrogens with zero attached hydrogens (tertiary/aromatic N) is 3. The van der Waals surface area contributed by atoms with Gasteiger partial charge < -0.3 is 14.7 Å². The van der Waals surface area contributed by atoms with Crippen molar-refractivity contribution in [2.45, 2.75) is 6.04 Å². The minimum atomic E-state index is -0.847.